The van der Waals surface area contributed by atoms with Gasteiger partial charge in [-0.2, -0.15) is 10.1 Å². The maximum Gasteiger partial charge on any atom is 0.332 e. The number of hydrogen-bond donors (Lipinski definition) is 2. The van der Waals surface area contributed by atoms with Crippen molar-refractivity contribution < 1.29 is 5.11 Å². The monoisotopic (exact) mass is 354 g/mol. The number of anilines is 1. The first kappa shape index (κ1) is 17.2. The smallest absolute Gasteiger partial charge is 0.332 e. The quantitative estimate of drug-likeness (QED) is 0.400. The third-order valence-electron chi connectivity index (χ3n) is 3.91. The summed E-state index contributed by atoms with van der Waals surface area (Å²) in [5.74, 6) is 0.431. The van der Waals surface area contributed by atoms with Gasteiger partial charge >= 0.3 is 5.69 Å². The Labute approximate surface area is 148 Å². The van der Waals surface area contributed by atoms with Crippen LogP contribution >= 0.6 is 0 Å². The number of rotatable bonds is 5. The zero-order valence-corrected chi connectivity index (χ0v) is 14.4. The van der Waals surface area contributed by atoms with Crippen molar-refractivity contribution >= 4 is 23.3 Å². The van der Waals surface area contributed by atoms with E-state index in [1.807, 2.05) is 0 Å². The molecule has 2 heterocycles. The van der Waals surface area contributed by atoms with Gasteiger partial charge in [-0.25, -0.2) is 10.2 Å². The average molecular weight is 354 g/mol. The van der Waals surface area contributed by atoms with Crippen LogP contribution < -0.4 is 16.7 Å². The first-order chi connectivity index (χ1) is 12.4. The van der Waals surface area contributed by atoms with Crippen molar-refractivity contribution in [3.05, 3.63) is 63.3 Å². The van der Waals surface area contributed by atoms with Gasteiger partial charge in [-0.05, 0) is 17.7 Å². The highest BCUT2D eigenvalue weighted by atomic mass is 16.3. The number of hydrogen-bond acceptors (Lipinski definition) is 6. The fourth-order valence-corrected chi connectivity index (χ4v) is 2.61. The highest BCUT2D eigenvalue weighted by molar-refractivity contribution is 5.81. The molecular weight excluding hydrogens is 336 g/mol. The Hall–Kier alpha value is -3.62. The molecule has 134 valence electrons. The summed E-state index contributed by atoms with van der Waals surface area (Å²) in [4.78, 5) is 28.9. The summed E-state index contributed by atoms with van der Waals surface area (Å²) in [6, 6.07) is 6.59. The normalized spacial score (nSPS) is 11.3. The van der Waals surface area contributed by atoms with E-state index < -0.39 is 11.2 Å². The minimum atomic E-state index is -0.458. The average Bonchev–Trinajstić information content (AvgIpc) is 2.97. The zero-order valence-electron chi connectivity index (χ0n) is 14.4. The fraction of sp³-hybridized carbons (Fsp3) is 0.176. The Morgan fingerprint density at radius 2 is 2.08 bits per heavy atom. The maximum atomic E-state index is 12.5. The largest absolute Gasteiger partial charge is 0.508 e. The summed E-state index contributed by atoms with van der Waals surface area (Å²) in [5, 5.41) is 13.6. The number of phenolic OH excluding ortho intramolecular Hbond substituents is 1. The van der Waals surface area contributed by atoms with Crippen molar-refractivity contribution in [2.24, 2.45) is 19.2 Å². The number of nitrogens with zero attached hydrogens (tertiary/aromatic N) is 5. The summed E-state index contributed by atoms with van der Waals surface area (Å²) >= 11 is 0. The maximum absolute atomic E-state index is 12.5. The van der Waals surface area contributed by atoms with Crippen LogP contribution in [0.4, 0.5) is 5.95 Å². The third kappa shape index (κ3) is 2.90. The number of fused-ring (bicyclic) bond motifs is 1. The van der Waals surface area contributed by atoms with Gasteiger partial charge in [0.25, 0.3) is 5.56 Å². The molecule has 0 radical (unpaired) electrons. The van der Waals surface area contributed by atoms with Crippen LogP contribution in [0.5, 0.6) is 5.75 Å². The van der Waals surface area contributed by atoms with Gasteiger partial charge in [0.2, 0.25) is 5.95 Å². The lowest BCUT2D eigenvalue weighted by Crippen LogP contribution is -2.37. The van der Waals surface area contributed by atoms with E-state index in [9.17, 15) is 14.7 Å². The van der Waals surface area contributed by atoms with Crippen LogP contribution in [0.2, 0.25) is 0 Å². The Balaban J connectivity index is 2.08. The minimum Gasteiger partial charge on any atom is -0.508 e. The van der Waals surface area contributed by atoms with Crippen LogP contribution in [0.25, 0.3) is 11.2 Å². The van der Waals surface area contributed by atoms with E-state index in [2.05, 4.69) is 22.1 Å². The van der Waals surface area contributed by atoms with Crippen LogP contribution in [0.15, 0.2) is 51.6 Å². The molecule has 0 aliphatic heterocycles. The molecule has 0 amide bonds. The van der Waals surface area contributed by atoms with Gasteiger partial charge in [-0.3, -0.25) is 18.5 Å². The Bertz CT molecular complexity index is 1140. The van der Waals surface area contributed by atoms with Gasteiger partial charge in [0.1, 0.15) is 5.75 Å². The third-order valence-corrected chi connectivity index (χ3v) is 3.91. The highest BCUT2D eigenvalue weighted by Gasteiger charge is 2.18. The van der Waals surface area contributed by atoms with Crippen LogP contribution in [-0.4, -0.2) is 30.0 Å². The molecule has 0 bridgehead atoms. The molecule has 0 saturated carbocycles. The number of imidazole rings is 1. The molecule has 3 rings (SSSR count). The summed E-state index contributed by atoms with van der Waals surface area (Å²) in [6.07, 6.45) is 3.13. The van der Waals surface area contributed by atoms with Gasteiger partial charge < -0.3 is 5.11 Å². The summed E-state index contributed by atoms with van der Waals surface area (Å²) < 4.78 is 3.94. The van der Waals surface area contributed by atoms with Gasteiger partial charge in [-0.1, -0.05) is 18.2 Å². The van der Waals surface area contributed by atoms with E-state index in [-0.39, 0.29) is 16.9 Å². The van der Waals surface area contributed by atoms with Crippen molar-refractivity contribution in [3.8, 4) is 5.75 Å². The SMILES string of the molecule is C=CCn1c(N/N=C/c2cccc(O)c2)nc2c1c(=O)n(C)c(=O)n2C. The highest BCUT2D eigenvalue weighted by Crippen LogP contribution is 2.16. The summed E-state index contributed by atoms with van der Waals surface area (Å²) in [7, 11) is 2.97. The number of hydrazone groups is 1. The minimum absolute atomic E-state index is 0.131. The molecule has 0 atom stereocenters. The molecule has 0 aliphatic rings. The molecule has 0 saturated heterocycles. The van der Waals surface area contributed by atoms with Gasteiger partial charge in [0, 0.05) is 20.6 Å². The van der Waals surface area contributed by atoms with Crippen LogP contribution in [0.1, 0.15) is 5.56 Å². The first-order valence-corrected chi connectivity index (χ1v) is 7.79. The lowest BCUT2D eigenvalue weighted by atomic mass is 10.2. The van der Waals surface area contributed by atoms with E-state index in [1.165, 1.54) is 17.8 Å². The molecule has 0 fully saturated rings. The van der Waals surface area contributed by atoms with Crippen molar-refractivity contribution in [2.75, 3.05) is 5.43 Å². The number of benzene rings is 1. The Morgan fingerprint density at radius 3 is 2.77 bits per heavy atom. The van der Waals surface area contributed by atoms with Crippen LogP contribution in [0, 0.1) is 0 Å². The number of nitrogens with one attached hydrogen (secondary N) is 1. The van der Waals surface area contributed by atoms with E-state index in [1.54, 1.807) is 42.0 Å². The fourth-order valence-electron chi connectivity index (χ4n) is 2.61. The second-order valence-electron chi connectivity index (χ2n) is 5.68. The second kappa shape index (κ2) is 6.71. The molecule has 1 aromatic carbocycles. The zero-order chi connectivity index (χ0) is 18.8. The number of aromatic nitrogens is 4. The second-order valence-corrected chi connectivity index (χ2v) is 5.68. The number of allylic oxidation sites excluding steroid dienone is 1. The Morgan fingerprint density at radius 1 is 1.31 bits per heavy atom. The number of aromatic hydroxyl groups is 1. The molecule has 26 heavy (non-hydrogen) atoms. The van der Waals surface area contributed by atoms with E-state index in [0.29, 0.717) is 18.1 Å². The van der Waals surface area contributed by atoms with Crippen LogP contribution in [0.3, 0.4) is 0 Å². The standard InChI is InChI=1S/C17H18N6O3/c1-4-8-23-13-14(21(2)17(26)22(3)15(13)25)19-16(23)20-18-10-11-6-5-7-12(24)9-11/h4-7,9-10,24H,1,8H2,2-3H3,(H,19,20)/b18-10+. The van der Waals surface area contributed by atoms with Gasteiger partial charge in [0.15, 0.2) is 11.2 Å². The van der Waals surface area contributed by atoms with Crippen molar-refractivity contribution in [2.45, 2.75) is 6.54 Å². The molecule has 0 unspecified atom stereocenters. The lowest BCUT2D eigenvalue weighted by molar-refractivity contribution is 0.475. The molecule has 9 heteroatoms. The van der Waals surface area contributed by atoms with Crippen molar-refractivity contribution in [1.29, 1.82) is 0 Å². The predicted octanol–water partition coefficient (Wildman–Crippen LogP) is 0.771. The topological polar surface area (TPSA) is 106 Å². The molecular formula is C17H18N6O3. The molecule has 9 nitrogen and oxygen atoms in total. The van der Waals surface area contributed by atoms with Crippen molar-refractivity contribution in [3.63, 3.8) is 0 Å². The first-order valence-electron chi connectivity index (χ1n) is 7.79. The summed E-state index contributed by atoms with van der Waals surface area (Å²) in [6.45, 7) is 4.01. The molecule has 2 aromatic heterocycles. The molecule has 0 spiro atoms. The van der Waals surface area contributed by atoms with E-state index >= 15 is 0 Å². The molecule has 0 aliphatic carbocycles. The Kier molecular flexibility index (Phi) is 4.44. The van der Waals surface area contributed by atoms with Gasteiger partial charge in [0.05, 0.1) is 6.21 Å². The predicted molar refractivity (Wildman–Crippen MR) is 99.7 cm³/mol. The summed E-state index contributed by atoms with van der Waals surface area (Å²) in [5.41, 5.74) is 3.11. The molecule has 3 aromatic rings. The van der Waals surface area contributed by atoms with Crippen molar-refractivity contribution in [1.82, 2.24) is 18.7 Å². The van der Waals surface area contributed by atoms with Gasteiger partial charge in [-0.15, -0.1) is 6.58 Å². The van der Waals surface area contributed by atoms with E-state index in [4.69, 9.17) is 0 Å². The lowest BCUT2D eigenvalue weighted by Gasteiger charge is -2.06. The van der Waals surface area contributed by atoms with E-state index in [0.717, 1.165) is 4.57 Å². The number of aryl methyl sites for hydroxylation is 1. The van der Waals surface area contributed by atoms with Crippen LogP contribution in [-0.2, 0) is 20.6 Å². The molecule has 2 N–H and O–H groups in total. The number of phenols is 1.